The Balaban J connectivity index is 1.95. The van der Waals surface area contributed by atoms with Crippen LogP contribution < -0.4 is 11.1 Å². The maximum Gasteiger partial charge on any atom is 0.234 e. The Bertz CT molecular complexity index is 597. The second kappa shape index (κ2) is 6.88. The predicted octanol–water partition coefficient (Wildman–Crippen LogP) is 4.31. The number of hydrogen-bond acceptors (Lipinski definition) is 3. The molecule has 0 radical (unpaired) electrons. The SMILES string of the molecule is Nc1c(Cl)cc(NC(=O)CSc2ccccc2)cc1Cl. The van der Waals surface area contributed by atoms with Crippen LogP contribution in [-0.2, 0) is 4.79 Å². The molecule has 0 aliphatic carbocycles. The van der Waals surface area contributed by atoms with Crippen LogP contribution >= 0.6 is 35.0 Å². The molecular weight excluding hydrogens is 315 g/mol. The summed E-state index contributed by atoms with van der Waals surface area (Å²) in [5.74, 6) is 0.180. The van der Waals surface area contributed by atoms with Gasteiger partial charge in [-0.3, -0.25) is 4.79 Å². The van der Waals surface area contributed by atoms with Gasteiger partial charge in [-0.15, -0.1) is 11.8 Å². The molecule has 6 heteroatoms. The summed E-state index contributed by atoms with van der Waals surface area (Å²) in [4.78, 5) is 12.9. The number of halogens is 2. The smallest absolute Gasteiger partial charge is 0.234 e. The van der Waals surface area contributed by atoms with E-state index < -0.39 is 0 Å². The lowest BCUT2D eigenvalue weighted by Crippen LogP contribution is -2.14. The first kappa shape index (κ1) is 15.0. The Morgan fingerprint density at radius 2 is 1.75 bits per heavy atom. The molecule has 3 nitrogen and oxygen atoms in total. The average molecular weight is 327 g/mol. The molecule has 20 heavy (non-hydrogen) atoms. The zero-order chi connectivity index (χ0) is 14.5. The van der Waals surface area contributed by atoms with Crippen molar-refractivity contribution < 1.29 is 4.79 Å². The second-order valence-electron chi connectivity index (χ2n) is 4.00. The Kier molecular flexibility index (Phi) is 5.17. The Hall–Kier alpha value is -1.36. The average Bonchev–Trinajstić information content (AvgIpc) is 2.43. The molecule has 104 valence electrons. The summed E-state index contributed by atoms with van der Waals surface area (Å²) in [6.07, 6.45) is 0. The lowest BCUT2D eigenvalue weighted by molar-refractivity contribution is -0.113. The van der Waals surface area contributed by atoms with Crippen LogP contribution in [-0.4, -0.2) is 11.7 Å². The van der Waals surface area contributed by atoms with E-state index in [0.717, 1.165) is 4.90 Å². The maximum absolute atomic E-state index is 11.8. The minimum absolute atomic E-state index is 0.129. The Morgan fingerprint density at radius 1 is 1.15 bits per heavy atom. The van der Waals surface area contributed by atoms with Crippen molar-refractivity contribution in [3.63, 3.8) is 0 Å². The molecule has 0 fully saturated rings. The van der Waals surface area contributed by atoms with Crippen molar-refractivity contribution in [3.8, 4) is 0 Å². The topological polar surface area (TPSA) is 55.1 Å². The zero-order valence-corrected chi connectivity index (χ0v) is 12.7. The molecule has 0 aliphatic heterocycles. The van der Waals surface area contributed by atoms with Crippen LogP contribution in [0.15, 0.2) is 47.4 Å². The van der Waals surface area contributed by atoms with Crippen LogP contribution in [0.2, 0.25) is 10.0 Å². The number of carbonyl (C=O) groups is 1. The summed E-state index contributed by atoms with van der Waals surface area (Å²) in [7, 11) is 0. The number of amides is 1. The molecule has 2 aromatic rings. The monoisotopic (exact) mass is 326 g/mol. The van der Waals surface area contributed by atoms with Crippen LogP contribution in [0.3, 0.4) is 0 Å². The van der Waals surface area contributed by atoms with E-state index in [2.05, 4.69) is 5.32 Å². The van der Waals surface area contributed by atoms with Crippen molar-refractivity contribution in [2.75, 3.05) is 16.8 Å². The van der Waals surface area contributed by atoms with E-state index in [9.17, 15) is 4.79 Å². The number of nitrogen functional groups attached to an aromatic ring is 1. The summed E-state index contributed by atoms with van der Waals surface area (Å²) in [6.45, 7) is 0. The number of thioether (sulfide) groups is 1. The highest BCUT2D eigenvalue weighted by molar-refractivity contribution is 8.00. The summed E-state index contributed by atoms with van der Waals surface area (Å²) in [5.41, 5.74) is 6.48. The van der Waals surface area contributed by atoms with Gasteiger partial charge in [-0.25, -0.2) is 0 Å². The minimum atomic E-state index is -0.129. The molecule has 0 bridgehead atoms. The minimum Gasteiger partial charge on any atom is -0.396 e. The summed E-state index contributed by atoms with van der Waals surface area (Å²) >= 11 is 13.3. The van der Waals surface area contributed by atoms with E-state index >= 15 is 0 Å². The number of anilines is 2. The van der Waals surface area contributed by atoms with Crippen molar-refractivity contribution in [1.29, 1.82) is 0 Å². The molecule has 0 spiro atoms. The highest BCUT2D eigenvalue weighted by Gasteiger charge is 2.08. The molecule has 1 amide bonds. The molecule has 0 aromatic heterocycles. The van der Waals surface area contributed by atoms with E-state index in [1.165, 1.54) is 11.8 Å². The second-order valence-corrected chi connectivity index (χ2v) is 5.87. The number of nitrogens with one attached hydrogen (secondary N) is 1. The summed E-state index contributed by atoms with van der Waals surface area (Å²) in [6, 6.07) is 12.9. The highest BCUT2D eigenvalue weighted by atomic mass is 35.5. The van der Waals surface area contributed by atoms with Crippen LogP contribution in [0.5, 0.6) is 0 Å². The van der Waals surface area contributed by atoms with Crippen molar-refractivity contribution in [1.82, 2.24) is 0 Å². The van der Waals surface area contributed by atoms with Crippen molar-refractivity contribution >= 4 is 52.2 Å². The first-order valence-electron chi connectivity index (χ1n) is 5.78. The molecule has 0 saturated carbocycles. The molecule has 3 N–H and O–H groups in total. The first-order chi connectivity index (χ1) is 9.56. The van der Waals surface area contributed by atoms with Gasteiger partial charge in [0.1, 0.15) is 0 Å². The van der Waals surface area contributed by atoms with Gasteiger partial charge >= 0.3 is 0 Å². The lowest BCUT2D eigenvalue weighted by atomic mass is 10.3. The van der Waals surface area contributed by atoms with Gasteiger partial charge in [-0.05, 0) is 24.3 Å². The fraction of sp³-hybridized carbons (Fsp3) is 0.0714. The standard InChI is InChI=1S/C14H12Cl2N2OS/c15-11-6-9(7-12(16)14(11)17)18-13(19)8-20-10-4-2-1-3-5-10/h1-7H,8,17H2,(H,18,19). The van der Waals surface area contributed by atoms with Gasteiger partial charge in [0.05, 0.1) is 21.5 Å². The Morgan fingerprint density at radius 3 is 2.35 bits per heavy atom. The highest BCUT2D eigenvalue weighted by Crippen LogP contribution is 2.31. The fourth-order valence-corrected chi connectivity index (χ4v) is 2.73. The number of nitrogens with two attached hydrogens (primary N) is 1. The molecule has 2 aromatic carbocycles. The van der Waals surface area contributed by atoms with E-state index in [4.69, 9.17) is 28.9 Å². The number of rotatable bonds is 4. The first-order valence-corrected chi connectivity index (χ1v) is 7.52. The fourth-order valence-electron chi connectivity index (χ4n) is 1.52. The third-order valence-electron chi connectivity index (χ3n) is 2.48. The molecule has 0 heterocycles. The molecule has 2 rings (SSSR count). The maximum atomic E-state index is 11.8. The van der Waals surface area contributed by atoms with Crippen LogP contribution in [0.1, 0.15) is 0 Å². The van der Waals surface area contributed by atoms with Crippen molar-refractivity contribution in [3.05, 3.63) is 52.5 Å². The van der Waals surface area contributed by atoms with Gasteiger partial charge in [-0.1, -0.05) is 41.4 Å². The van der Waals surface area contributed by atoms with Crippen LogP contribution in [0.25, 0.3) is 0 Å². The zero-order valence-electron chi connectivity index (χ0n) is 10.4. The third kappa shape index (κ3) is 4.07. The van der Waals surface area contributed by atoms with E-state index in [-0.39, 0.29) is 5.91 Å². The van der Waals surface area contributed by atoms with Gasteiger partial charge in [0.25, 0.3) is 0 Å². The van der Waals surface area contributed by atoms with Crippen molar-refractivity contribution in [2.24, 2.45) is 0 Å². The Labute approximate surface area is 131 Å². The van der Waals surface area contributed by atoms with Gasteiger partial charge in [0.2, 0.25) is 5.91 Å². The normalized spacial score (nSPS) is 10.3. The molecule has 0 aliphatic rings. The van der Waals surface area contributed by atoms with Gasteiger partial charge in [0, 0.05) is 10.6 Å². The molecule has 0 atom stereocenters. The molecule has 0 saturated heterocycles. The van der Waals surface area contributed by atoms with Gasteiger partial charge in [0.15, 0.2) is 0 Å². The largest absolute Gasteiger partial charge is 0.396 e. The summed E-state index contributed by atoms with van der Waals surface area (Å²) < 4.78 is 0. The van der Waals surface area contributed by atoms with E-state index in [1.807, 2.05) is 30.3 Å². The van der Waals surface area contributed by atoms with Gasteiger partial charge < -0.3 is 11.1 Å². The lowest BCUT2D eigenvalue weighted by Gasteiger charge is -2.08. The van der Waals surface area contributed by atoms with Crippen LogP contribution in [0, 0.1) is 0 Å². The van der Waals surface area contributed by atoms with E-state index in [1.54, 1.807) is 12.1 Å². The number of hydrogen-bond donors (Lipinski definition) is 2. The van der Waals surface area contributed by atoms with E-state index in [0.29, 0.717) is 27.2 Å². The van der Waals surface area contributed by atoms with Crippen LogP contribution in [0.4, 0.5) is 11.4 Å². The molecular formula is C14H12Cl2N2OS. The quantitative estimate of drug-likeness (QED) is 0.650. The number of benzene rings is 2. The molecule has 0 unspecified atom stereocenters. The number of carbonyl (C=O) groups excluding carboxylic acids is 1. The third-order valence-corrected chi connectivity index (χ3v) is 4.11. The predicted molar refractivity (Wildman–Crippen MR) is 86.7 cm³/mol. The summed E-state index contributed by atoms with van der Waals surface area (Å²) in [5, 5.41) is 3.38. The van der Waals surface area contributed by atoms with Gasteiger partial charge in [-0.2, -0.15) is 0 Å². The van der Waals surface area contributed by atoms with Crippen molar-refractivity contribution in [2.45, 2.75) is 4.90 Å².